The molecule has 2 rings (SSSR count). The SMILES string of the molecule is CCC=C1C(=O)Nc2ccc(F)cc21. The van der Waals surface area contributed by atoms with Gasteiger partial charge >= 0.3 is 0 Å². The van der Waals surface area contributed by atoms with Crippen molar-refractivity contribution in [2.45, 2.75) is 13.3 Å². The van der Waals surface area contributed by atoms with Gasteiger partial charge in [0.2, 0.25) is 0 Å². The molecule has 0 aromatic heterocycles. The van der Waals surface area contributed by atoms with E-state index in [1.54, 1.807) is 12.1 Å². The molecule has 1 aliphatic rings. The predicted octanol–water partition coefficient (Wildman–Crippen LogP) is 2.57. The van der Waals surface area contributed by atoms with E-state index in [0.29, 0.717) is 16.8 Å². The van der Waals surface area contributed by atoms with Crippen LogP contribution in [0.3, 0.4) is 0 Å². The molecule has 0 saturated heterocycles. The van der Waals surface area contributed by atoms with Crippen molar-refractivity contribution in [2.75, 3.05) is 5.32 Å². The van der Waals surface area contributed by atoms with Gasteiger partial charge in [-0.3, -0.25) is 4.79 Å². The lowest BCUT2D eigenvalue weighted by Crippen LogP contribution is -2.03. The van der Waals surface area contributed by atoms with E-state index < -0.39 is 0 Å². The number of benzene rings is 1. The van der Waals surface area contributed by atoms with Crippen LogP contribution in [-0.2, 0) is 4.79 Å². The molecule has 1 N–H and O–H groups in total. The summed E-state index contributed by atoms with van der Waals surface area (Å²) in [6.45, 7) is 1.94. The first-order valence-electron chi connectivity index (χ1n) is 4.54. The molecule has 0 fully saturated rings. The Morgan fingerprint density at radius 3 is 3.00 bits per heavy atom. The molecule has 2 nitrogen and oxygen atoms in total. The predicted molar refractivity (Wildman–Crippen MR) is 53.3 cm³/mol. The zero-order valence-electron chi connectivity index (χ0n) is 7.80. The maximum atomic E-state index is 12.9. The second-order valence-corrected chi connectivity index (χ2v) is 3.17. The Balaban J connectivity index is 2.55. The second kappa shape index (κ2) is 3.25. The third-order valence-corrected chi connectivity index (χ3v) is 2.17. The van der Waals surface area contributed by atoms with Crippen LogP contribution >= 0.6 is 0 Å². The van der Waals surface area contributed by atoms with Crippen LogP contribution in [0.5, 0.6) is 0 Å². The molecule has 3 heteroatoms. The van der Waals surface area contributed by atoms with Crippen molar-refractivity contribution in [2.24, 2.45) is 0 Å². The standard InChI is InChI=1S/C11H10FNO/c1-2-3-8-9-6-7(12)4-5-10(9)13-11(8)14/h3-6H,2H2,1H3,(H,13,14). The molecule has 1 aliphatic heterocycles. The van der Waals surface area contributed by atoms with Crippen molar-refractivity contribution in [3.8, 4) is 0 Å². The van der Waals surface area contributed by atoms with Gasteiger partial charge in [0.25, 0.3) is 5.91 Å². The number of hydrogen-bond acceptors (Lipinski definition) is 1. The molecule has 0 atom stereocenters. The number of fused-ring (bicyclic) bond motifs is 1. The quantitative estimate of drug-likeness (QED) is 0.679. The molecular formula is C11H10FNO. The smallest absolute Gasteiger partial charge is 0.256 e. The van der Waals surface area contributed by atoms with Gasteiger partial charge in [0.1, 0.15) is 5.82 Å². The summed E-state index contributed by atoms with van der Waals surface area (Å²) in [6, 6.07) is 4.31. The first kappa shape index (κ1) is 8.94. The number of nitrogens with one attached hydrogen (secondary N) is 1. The van der Waals surface area contributed by atoms with E-state index in [4.69, 9.17) is 0 Å². The minimum Gasteiger partial charge on any atom is -0.321 e. The molecule has 0 bridgehead atoms. The fourth-order valence-corrected chi connectivity index (χ4v) is 1.57. The summed E-state index contributed by atoms with van der Waals surface area (Å²) in [5.74, 6) is -0.463. The van der Waals surface area contributed by atoms with E-state index in [-0.39, 0.29) is 11.7 Å². The van der Waals surface area contributed by atoms with Crippen molar-refractivity contribution in [1.29, 1.82) is 0 Å². The molecule has 0 spiro atoms. The highest BCUT2D eigenvalue weighted by Crippen LogP contribution is 2.32. The van der Waals surface area contributed by atoms with Crippen molar-refractivity contribution in [3.63, 3.8) is 0 Å². The average Bonchev–Trinajstić information content (AvgIpc) is 2.45. The van der Waals surface area contributed by atoms with Crippen molar-refractivity contribution >= 4 is 17.2 Å². The summed E-state index contributed by atoms with van der Waals surface area (Å²) in [5.41, 5.74) is 1.93. The van der Waals surface area contributed by atoms with Crippen LogP contribution in [0, 0.1) is 5.82 Å². The number of amides is 1. The first-order chi connectivity index (χ1) is 6.72. The van der Waals surface area contributed by atoms with Gasteiger partial charge in [0.05, 0.1) is 0 Å². The monoisotopic (exact) mass is 191 g/mol. The number of rotatable bonds is 1. The van der Waals surface area contributed by atoms with E-state index >= 15 is 0 Å². The average molecular weight is 191 g/mol. The second-order valence-electron chi connectivity index (χ2n) is 3.17. The minimum atomic E-state index is -0.317. The summed E-state index contributed by atoms with van der Waals surface area (Å²) in [7, 11) is 0. The van der Waals surface area contributed by atoms with Crippen LogP contribution in [-0.4, -0.2) is 5.91 Å². The molecule has 1 heterocycles. The van der Waals surface area contributed by atoms with Gasteiger partial charge in [-0.25, -0.2) is 4.39 Å². The summed E-state index contributed by atoms with van der Waals surface area (Å²) in [6.07, 6.45) is 2.57. The van der Waals surface area contributed by atoms with Gasteiger partial charge in [-0.15, -0.1) is 0 Å². The van der Waals surface area contributed by atoms with Crippen LogP contribution < -0.4 is 5.32 Å². The lowest BCUT2D eigenvalue weighted by Gasteiger charge is -1.97. The van der Waals surface area contributed by atoms with E-state index in [2.05, 4.69) is 5.32 Å². The highest BCUT2D eigenvalue weighted by molar-refractivity contribution is 6.31. The highest BCUT2D eigenvalue weighted by Gasteiger charge is 2.23. The third-order valence-electron chi connectivity index (χ3n) is 2.17. The number of hydrogen-bond donors (Lipinski definition) is 1. The van der Waals surface area contributed by atoms with E-state index in [1.807, 2.05) is 6.92 Å². The molecule has 1 amide bonds. The highest BCUT2D eigenvalue weighted by atomic mass is 19.1. The molecule has 0 saturated carbocycles. The van der Waals surface area contributed by atoms with E-state index in [0.717, 1.165) is 6.42 Å². The summed E-state index contributed by atoms with van der Waals surface area (Å²) >= 11 is 0. The van der Waals surface area contributed by atoms with Crippen LogP contribution in [0.25, 0.3) is 5.57 Å². The molecule has 72 valence electrons. The zero-order valence-corrected chi connectivity index (χ0v) is 7.80. The van der Waals surface area contributed by atoms with E-state index in [9.17, 15) is 9.18 Å². The van der Waals surface area contributed by atoms with Crippen LogP contribution in [0.1, 0.15) is 18.9 Å². The van der Waals surface area contributed by atoms with Crippen LogP contribution in [0.2, 0.25) is 0 Å². The van der Waals surface area contributed by atoms with Crippen LogP contribution in [0.4, 0.5) is 10.1 Å². The zero-order chi connectivity index (χ0) is 10.1. The largest absolute Gasteiger partial charge is 0.321 e. The van der Waals surface area contributed by atoms with Crippen LogP contribution in [0.15, 0.2) is 24.3 Å². The van der Waals surface area contributed by atoms with Gasteiger partial charge in [-0.2, -0.15) is 0 Å². The number of carbonyl (C=O) groups excluding carboxylic acids is 1. The lowest BCUT2D eigenvalue weighted by atomic mass is 10.1. The minimum absolute atomic E-state index is 0.146. The Morgan fingerprint density at radius 2 is 2.29 bits per heavy atom. The lowest BCUT2D eigenvalue weighted by molar-refractivity contribution is -0.110. The first-order valence-corrected chi connectivity index (χ1v) is 4.54. The molecule has 1 aromatic carbocycles. The summed E-state index contributed by atoms with van der Waals surface area (Å²) < 4.78 is 12.9. The van der Waals surface area contributed by atoms with Crippen molar-refractivity contribution < 1.29 is 9.18 Å². The Hall–Kier alpha value is -1.64. The molecule has 0 aliphatic carbocycles. The fourth-order valence-electron chi connectivity index (χ4n) is 1.57. The third kappa shape index (κ3) is 1.31. The number of carbonyl (C=O) groups is 1. The van der Waals surface area contributed by atoms with Gasteiger partial charge in [-0.1, -0.05) is 13.0 Å². The molecular weight excluding hydrogens is 181 g/mol. The van der Waals surface area contributed by atoms with Gasteiger partial charge < -0.3 is 5.32 Å². The van der Waals surface area contributed by atoms with Gasteiger partial charge in [-0.05, 0) is 24.6 Å². The Morgan fingerprint density at radius 1 is 1.50 bits per heavy atom. The maximum absolute atomic E-state index is 12.9. The number of allylic oxidation sites excluding steroid dienone is 1. The normalized spacial score (nSPS) is 17.0. The summed E-state index contributed by atoms with van der Waals surface area (Å²) in [5, 5.41) is 2.69. The van der Waals surface area contributed by atoms with Gasteiger partial charge in [0.15, 0.2) is 0 Å². The Bertz CT molecular complexity index is 423. The maximum Gasteiger partial charge on any atom is 0.256 e. The van der Waals surface area contributed by atoms with E-state index in [1.165, 1.54) is 12.1 Å². The fraction of sp³-hybridized carbons (Fsp3) is 0.182. The van der Waals surface area contributed by atoms with Crippen molar-refractivity contribution in [3.05, 3.63) is 35.7 Å². The topological polar surface area (TPSA) is 29.1 Å². The van der Waals surface area contributed by atoms with Gasteiger partial charge in [0, 0.05) is 16.8 Å². The Labute approximate surface area is 81.4 Å². The summed E-state index contributed by atoms with van der Waals surface area (Å²) in [4.78, 5) is 11.4. The Kier molecular flexibility index (Phi) is 2.08. The van der Waals surface area contributed by atoms with Crippen molar-refractivity contribution in [1.82, 2.24) is 0 Å². The molecule has 0 unspecified atom stereocenters. The molecule has 0 radical (unpaired) electrons. The molecule has 1 aromatic rings. The number of anilines is 1. The number of halogens is 1. The molecule has 14 heavy (non-hydrogen) atoms.